The molecule has 92 valence electrons. The Balaban J connectivity index is 1.81. The van der Waals surface area contributed by atoms with Crippen LogP contribution in [0.15, 0.2) is 17.5 Å². The summed E-state index contributed by atoms with van der Waals surface area (Å²) in [7, 11) is 0. The van der Waals surface area contributed by atoms with Gasteiger partial charge in [-0.1, -0.05) is 36.3 Å². The van der Waals surface area contributed by atoms with Crippen molar-refractivity contribution in [1.82, 2.24) is 15.5 Å². The highest BCUT2D eigenvalue weighted by Gasteiger charge is 2.06. The van der Waals surface area contributed by atoms with Crippen molar-refractivity contribution in [2.24, 2.45) is 0 Å². The summed E-state index contributed by atoms with van der Waals surface area (Å²) in [5.41, 5.74) is 0. The first-order valence-electron chi connectivity index (χ1n) is 5.45. The predicted molar refractivity (Wildman–Crippen MR) is 70.5 cm³/mol. The maximum absolute atomic E-state index is 5.57. The molecule has 6 heteroatoms. The average Bonchev–Trinajstić information content (AvgIpc) is 2.95. The fraction of sp³-hybridized carbons (Fsp3) is 0.455. The van der Waals surface area contributed by atoms with Gasteiger partial charge in [0.15, 0.2) is 0 Å². The number of aromatic nitrogens is 2. The van der Waals surface area contributed by atoms with Crippen molar-refractivity contribution in [3.8, 4) is 5.19 Å². The van der Waals surface area contributed by atoms with Gasteiger partial charge in [-0.2, -0.15) is 0 Å². The van der Waals surface area contributed by atoms with Crippen LogP contribution in [-0.4, -0.2) is 16.2 Å². The van der Waals surface area contributed by atoms with Gasteiger partial charge in [-0.25, -0.2) is 0 Å². The number of hydrogen-bond acceptors (Lipinski definition) is 6. The standard InChI is InChI=1S/C11H15N3OS2/c1-8(2)12-6-10-13-14-11(17-10)15-7-9-4-3-5-16-9/h3-5,8,12H,6-7H2,1-2H3. The van der Waals surface area contributed by atoms with E-state index >= 15 is 0 Å². The van der Waals surface area contributed by atoms with Gasteiger partial charge in [-0.3, -0.25) is 0 Å². The third-order valence-electron chi connectivity index (χ3n) is 2.03. The first-order chi connectivity index (χ1) is 8.24. The van der Waals surface area contributed by atoms with E-state index in [4.69, 9.17) is 4.74 Å². The number of rotatable bonds is 6. The van der Waals surface area contributed by atoms with Gasteiger partial charge in [0.25, 0.3) is 5.19 Å². The molecule has 2 aromatic heterocycles. The van der Waals surface area contributed by atoms with E-state index < -0.39 is 0 Å². The summed E-state index contributed by atoms with van der Waals surface area (Å²) >= 11 is 3.18. The molecule has 0 amide bonds. The van der Waals surface area contributed by atoms with Crippen LogP contribution in [0.4, 0.5) is 0 Å². The van der Waals surface area contributed by atoms with Gasteiger partial charge in [0, 0.05) is 10.9 Å². The molecule has 1 N–H and O–H groups in total. The van der Waals surface area contributed by atoms with E-state index in [0.717, 1.165) is 11.6 Å². The van der Waals surface area contributed by atoms with Crippen LogP contribution in [0.1, 0.15) is 23.7 Å². The third kappa shape index (κ3) is 4.07. The fourth-order valence-corrected chi connectivity index (χ4v) is 2.44. The third-order valence-corrected chi connectivity index (χ3v) is 3.71. The van der Waals surface area contributed by atoms with Crippen molar-refractivity contribution in [3.63, 3.8) is 0 Å². The summed E-state index contributed by atoms with van der Waals surface area (Å²) in [5.74, 6) is 0. The smallest absolute Gasteiger partial charge is 0.294 e. The summed E-state index contributed by atoms with van der Waals surface area (Å²) in [4.78, 5) is 1.20. The predicted octanol–water partition coefficient (Wildman–Crippen LogP) is 2.68. The quantitative estimate of drug-likeness (QED) is 0.876. The molecule has 0 fully saturated rings. The van der Waals surface area contributed by atoms with Gasteiger partial charge >= 0.3 is 0 Å². The number of ether oxygens (including phenoxy) is 1. The Kier molecular flexibility index (Phi) is 4.47. The van der Waals surface area contributed by atoms with Crippen LogP contribution in [0, 0.1) is 0 Å². The summed E-state index contributed by atoms with van der Waals surface area (Å²) in [5, 5.41) is 15.0. The summed E-state index contributed by atoms with van der Waals surface area (Å²) in [6, 6.07) is 4.52. The zero-order valence-corrected chi connectivity index (χ0v) is 11.5. The van der Waals surface area contributed by atoms with Gasteiger partial charge in [0.1, 0.15) is 11.6 Å². The lowest BCUT2D eigenvalue weighted by Gasteiger charge is -2.03. The van der Waals surface area contributed by atoms with Gasteiger partial charge in [0.2, 0.25) is 0 Å². The van der Waals surface area contributed by atoms with E-state index in [2.05, 4.69) is 29.4 Å². The number of hydrogen-bond donors (Lipinski definition) is 1. The van der Waals surface area contributed by atoms with E-state index in [9.17, 15) is 0 Å². The molecular formula is C11H15N3OS2. The Labute approximate surface area is 109 Å². The van der Waals surface area contributed by atoms with Crippen molar-refractivity contribution >= 4 is 22.7 Å². The maximum Gasteiger partial charge on any atom is 0.294 e. The lowest BCUT2D eigenvalue weighted by Crippen LogP contribution is -2.21. The maximum atomic E-state index is 5.57. The number of nitrogens with zero attached hydrogens (tertiary/aromatic N) is 2. The molecule has 0 saturated carbocycles. The Hall–Kier alpha value is -0.980. The van der Waals surface area contributed by atoms with Crippen molar-refractivity contribution in [2.45, 2.75) is 33.0 Å². The highest BCUT2D eigenvalue weighted by Crippen LogP contribution is 2.20. The molecule has 0 aromatic carbocycles. The molecule has 0 bridgehead atoms. The van der Waals surface area contributed by atoms with Crippen LogP contribution >= 0.6 is 22.7 Å². The summed E-state index contributed by atoms with van der Waals surface area (Å²) in [6.45, 7) is 5.53. The molecule has 2 heterocycles. The van der Waals surface area contributed by atoms with Crippen molar-refractivity contribution in [1.29, 1.82) is 0 Å². The molecule has 17 heavy (non-hydrogen) atoms. The summed E-state index contributed by atoms with van der Waals surface area (Å²) < 4.78 is 5.57. The van der Waals surface area contributed by atoms with Crippen LogP contribution < -0.4 is 10.1 Å². The molecule has 0 aliphatic heterocycles. The molecule has 0 unspecified atom stereocenters. The van der Waals surface area contributed by atoms with Crippen molar-refractivity contribution in [2.75, 3.05) is 0 Å². The molecule has 2 rings (SSSR count). The second-order valence-corrected chi connectivity index (χ2v) is 5.92. The minimum absolute atomic E-state index is 0.453. The normalized spacial score (nSPS) is 11.0. The van der Waals surface area contributed by atoms with Crippen LogP contribution in [0.25, 0.3) is 0 Å². The number of nitrogens with one attached hydrogen (secondary N) is 1. The highest BCUT2D eigenvalue weighted by atomic mass is 32.1. The lowest BCUT2D eigenvalue weighted by molar-refractivity contribution is 0.305. The van der Waals surface area contributed by atoms with E-state index in [1.807, 2.05) is 17.5 Å². The Morgan fingerprint density at radius 3 is 3.00 bits per heavy atom. The van der Waals surface area contributed by atoms with Crippen LogP contribution in [0.5, 0.6) is 5.19 Å². The topological polar surface area (TPSA) is 47.0 Å². The highest BCUT2D eigenvalue weighted by molar-refractivity contribution is 7.13. The largest absolute Gasteiger partial charge is 0.463 e. The minimum atomic E-state index is 0.453. The van der Waals surface area contributed by atoms with Crippen LogP contribution in [0.2, 0.25) is 0 Å². The Bertz CT molecular complexity index is 439. The van der Waals surface area contributed by atoms with Crippen LogP contribution in [-0.2, 0) is 13.2 Å². The molecule has 0 aliphatic carbocycles. The molecular weight excluding hydrogens is 254 g/mol. The Morgan fingerprint density at radius 1 is 1.41 bits per heavy atom. The van der Waals surface area contributed by atoms with Crippen molar-refractivity contribution < 1.29 is 4.74 Å². The number of thiophene rings is 1. The molecule has 2 aromatic rings. The molecule has 0 atom stereocenters. The van der Waals surface area contributed by atoms with Gasteiger partial charge in [-0.15, -0.1) is 16.4 Å². The van der Waals surface area contributed by atoms with Gasteiger partial charge in [0.05, 0.1) is 6.54 Å². The fourth-order valence-electron chi connectivity index (χ4n) is 1.19. The summed E-state index contributed by atoms with van der Waals surface area (Å²) in [6.07, 6.45) is 0. The second kappa shape index (κ2) is 6.09. The monoisotopic (exact) mass is 269 g/mol. The average molecular weight is 269 g/mol. The van der Waals surface area contributed by atoms with Gasteiger partial charge in [-0.05, 0) is 11.4 Å². The first-order valence-corrected chi connectivity index (χ1v) is 7.14. The zero-order chi connectivity index (χ0) is 12.1. The molecule has 0 saturated heterocycles. The minimum Gasteiger partial charge on any atom is -0.463 e. The van der Waals surface area contributed by atoms with E-state index in [1.165, 1.54) is 16.2 Å². The Morgan fingerprint density at radius 2 is 2.29 bits per heavy atom. The molecule has 0 radical (unpaired) electrons. The van der Waals surface area contributed by atoms with E-state index in [-0.39, 0.29) is 0 Å². The zero-order valence-electron chi connectivity index (χ0n) is 9.84. The van der Waals surface area contributed by atoms with Crippen molar-refractivity contribution in [3.05, 3.63) is 27.4 Å². The first kappa shape index (κ1) is 12.5. The molecule has 4 nitrogen and oxygen atoms in total. The second-order valence-electron chi connectivity index (χ2n) is 3.87. The van der Waals surface area contributed by atoms with E-state index in [0.29, 0.717) is 17.8 Å². The SMILES string of the molecule is CC(C)NCc1nnc(OCc2cccs2)s1. The molecule has 0 aliphatic rings. The van der Waals surface area contributed by atoms with Gasteiger partial charge < -0.3 is 10.1 Å². The van der Waals surface area contributed by atoms with Crippen LogP contribution in [0.3, 0.4) is 0 Å². The molecule has 0 spiro atoms. The lowest BCUT2D eigenvalue weighted by atomic mass is 10.4. The van der Waals surface area contributed by atoms with E-state index in [1.54, 1.807) is 11.3 Å².